The van der Waals surface area contributed by atoms with E-state index in [1.54, 1.807) is 42.5 Å². The molecule has 1 aromatic carbocycles. The number of furan rings is 1. The number of rotatable bonds is 6. The van der Waals surface area contributed by atoms with Crippen molar-refractivity contribution >= 4 is 33.8 Å². The molecule has 0 spiro atoms. The van der Waals surface area contributed by atoms with Crippen molar-refractivity contribution in [1.29, 1.82) is 0 Å². The minimum atomic E-state index is -0.424. The normalized spacial score (nSPS) is 10.9. The third-order valence-electron chi connectivity index (χ3n) is 2.84. The summed E-state index contributed by atoms with van der Waals surface area (Å²) in [5.41, 5.74) is 0.532. The lowest BCUT2D eigenvalue weighted by Gasteiger charge is -2.09. The van der Waals surface area contributed by atoms with Crippen LogP contribution in [0, 0.1) is 0 Å². The molecule has 0 bridgehead atoms. The van der Waals surface area contributed by atoms with Gasteiger partial charge < -0.3 is 15.1 Å². The Balaban J connectivity index is 2.19. The number of hydrogen-bond acceptors (Lipinski definition) is 3. The molecule has 0 saturated heterocycles. The molecule has 0 aliphatic carbocycles. The molecule has 0 aliphatic rings. The minimum Gasteiger partial charge on any atom is -0.465 e. The van der Waals surface area contributed by atoms with Crippen LogP contribution in [0.5, 0.6) is 0 Å². The van der Waals surface area contributed by atoms with Crippen molar-refractivity contribution < 1.29 is 14.0 Å². The third-order valence-corrected chi connectivity index (χ3v) is 3.36. The van der Waals surface area contributed by atoms with E-state index in [4.69, 9.17) is 4.42 Å². The van der Waals surface area contributed by atoms with Gasteiger partial charge in [-0.15, -0.1) is 6.58 Å². The molecular formula is C17H15BrN2O3. The summed E-state index contributed by atoms with van der Waals surface area (Å²) in [5, 5.41) is 5.22. The zero-order valence-electron chi connectivity index (χ0n) is 12.2. The minimum absolute atomic E-state index is 0.0923. The molecule has 0 unspecified atom stereocenters. The van der Waals surface area contributed by atoms with Gasteiger partial charge in [0.25, 0.3) is 11.8 Å². The first-order valence-electron chi connectivity index (χ1n) is 6.81. The first-order valence-corrected chi connectivity index (χ1v) is 7.60. The maximum atomic E-state index is 12.3. The molecule has 1 heterocycles. The SMILES string of the molecule is C=CCNC(=O)C(=Cc1ccco1)NC(=O)c1ccc(Br)cc1. The molecule has 0 fully saturated rings. The van der Waals surface area contributed by atoms with Crippen molar-refractivity contribution in [3.63, 3.8) is 0 Å². The van der Waals surface area contributed by atoms with Crippen LogP contribution in [-0.2, 0) is 4.79 Å². The maximum absolute atomic E-state index is 12.3. The summed E-state index contributed by atoms with van der Waals surface area (Å²) in [6.07, 6.45) is 4.51. The van der Waals surface area contributed by atoms with Crippen molar-refractivity contribution in [2.24, 2.45) is 0 Å². The van der Waals surface area contributed by atoms with Gasteiger partial charge in [-0.05, 0) is 36.4 Å². The van der Waals surface area contributed by atoms with Crippen molar-refractivity contribution in [3.8, 4) is 0 Å². The summed E-state index contributed by atoms with van der Waals surface area (Å²) in [5.74, 6) is -0.347. The molecule has 0 saturated carbocycles. The zero-order valence-corrected chi connectivity index (χ0v) is 13.8. The molecule has 6 heteroatoms. The number of carbonyl (C=O) groups is 2. The number of carbonyl (C=O) groups excluding carboxylic acids is 2. The second kappa shape index (κ2) is 8.14. The van der Waals surface area contributed by atoms with Gasteiger partial charge in [-0.3, -0.25) is 9.59 Å². The fourth-order valence-corrected chi connectivity index (χ4v) is 1.99. The second-order valence-electron chi connectivity index (χ2n) is 4.53. The Morgan fingerprint density at radius 1 is 1.22 bits per heavy atom. The summed E-state index contributed by atoms with van der Waals surface area (Å²) in [6.45, 7) is 3.83. The van der Waals surface area contributed by atoms with Crippen LogP contribution in [0.1, 0.15) is 16.1 Å². The Kier molecular flexibility index (Phi) is 5.94. The molecule has 2 aromatic rings. The molecule has 118 valence electrons. The first-order chi connectivity index (χ1) is 11.1. The topological polar surface area (TPSA) is 71.3 Å². The monoisotopic (exact) mass is 374 g/mol. The van der Waals surface area contributed by atoms with E-state index in [0.29, 0.717) is 17.9 Å². The molecule has 2 amide bonds. The van der Waals surface area contributed by atoms with E-state index < -0.39 is 5.91 Å². The fourth-order valence-electron chi connectivity index (χ4n) is 1.73. The Morgan fingerprint density at radius 3 is 2.57 bits per heavy atom. The van der Waals surface area contributed by atoms with Gasteiger partial charge in [0, 0.05) is 22.7 Å². The van der Waals surface area contributed by atoms with Crippen molar-refractivity contribution in [1.82, 2.24) is 10.6 Å². The first kappa shape index (κ1) is 16.8. The zero-order chi connectivity index (χ0) is 16.7. The summed E-state index contributed by atoms with van der Waals surface area (Å²) in [7, 11) is 0. The predicted octanol–water partition coefficient (Wildman–Crippen LogP) is 3.12. The van der Waals surface area contributed by atoms with Gasteiger partial charge in [0.05, 0.1) is 6.26 Å². The Morgan fingerprint density at radius 2 is 1.96 bits per heavy atom. The highest BCUT2D eigenvalue weighted by Gasteiger charge is 2.14. The van der Waals surface area contributed by atoms with Gasteiger partial charge in [0.1, 0.15) is 11.5 Å². The largest absolute Gasteiger partial charge is 0.465 e. The van der Waals surface area contributed by atoms with Crippen LogP contribution in [-0.4, -0.2) is 18.4 Å². The number of nitrogens with one attached hydrogen (secondary N) is 2. The second-order valence-corrected chi connectivity index (χ2v) is 5.45. The van der Waals surface area contributed by atoms with E-state index in [2.05, 4.69) is 33.1 Å². The molecule has 0 radical (unpaired) electrons. The average molecular weight is 375 g/mol. The Labute approximate surface area is 142 Å². The molecule has 5 nitrogen and oxygen atoms in total. The molecule has 23 heavy (non-hydrogen) atoms. The number of amides is 2. The van der Waals surface area contributed by atoms with Crippen LogP contribution in [0.3, 0.4) is 0 Å². The van der Waals surface area contributed by atoms with Gasteiger partial charge in [0.15, 0.2) is 0 Å². The van der Waals surface area contributed by atoms with Gasteiger partial charge in [0.2, 0.25) is 0 Å². The molecular weight excluding hydrogens is 360 g/mol. The molecule has 0 atom stereocenters. The maximum Gasteiger partial charge on any atom is 0.268 e. The molecule has 0 aliphatic heterocycles. The van der Waals surface area contributed by atoms with Crippen LogP contribution in [0.4, 0.5) is 0 Å². The number of hydrogen-bond donors (Lipinski definition) is 2. The van der Waals surface area contributed by atoms with Crippen LogP contribution in [0.2, 0.25) is 0 Å². The average Bonchev–Trinajstić information content (AvgIpc) is 3.05. The number of halogens is 1. The smallest absolute Gasteiger partial charge is 0.268 e. The van der Waals surface area contributed by atoms with E-state index in [1.807, 2.05) is 0 Å². The van der Waals surface area contributed by atoms with Gasteiger partial charge in [-0.1, -0.05) is 22.0 Å². The summed E-state index contributed by atoms with van der Waals surface area (Å²) in [4.78, 5) is 24.4. The third kappa shape index (κ3) is 4.96. The molecule has 1 aromatic heterocycles. The predicted molar refractivity (Wildman–Crippen MR) is 91.5 cm³/mol. The highest BCUT2D eigenvalue weighted by molar-refractivity contribution is 9.10. The van der Waals surface area contributed by atoms with Crippen LogP contribution in [0.15, 0.2) is 69.9 Å². The summed E-state index contributed by atoms with van der Waals surface area (Å²) in [6, 6.07) is 10.2. The van der Waals surface area contributed by atoms with Gasteiger partial charge >= 0.3 is 0 Å². The Bertz CT molecular complexity index is 719. The van der Waals surface area contributed by atoms with E-state index >= 15 is 0 Å². The molecule has 2 N–H and O–H groups in total. The standard InChI is InChI=1S/C17H15BrN2O3/c1-2-9-19-17(22)15(11-14-4-3-10-23-14)20-16(21)12-5-7-13(18)8-6-12/h2-8,10-11H,1,9H2,(H,19,22)(H,20,21). The quantitative estimate of drug-likeness (QED) is 0.602. The van der Waals surface area contributed by atoms with Crippen LogP contribution >= 0.6 is 15.9 Å². The van der Waals surface area contributed by atoms with Gasteiger partial charge in [-0.2, -0.15) is 0 Å². The van der Waals surface area contributed by atoms with Crippen molar-refractivity contribution in [2.75, 3.05) is 6.54 Å². The summed E-state index contributed by atoms with van der Waals surface area (Å²) >= 11 is 3.31. The van der Waals surface area contributed by atoms with E-state index in [0.717, 1.165) is 4.47 Å². The van der Waals surface area contributed by atoms with E-state index in [9.17, 15) is 9.59 Å². The Hall–Kier alpha value is -2.60. The lowest BCUT2D eigenvalue weighted by molar-refractivity contribution is -0.117. The lowest BCUT2D eigenvalue weighted by atomic mass is 10.2. The van der Waals surface area contributed by atoms with Crippen molar-refractivity contribution in [3.05, 3.63) is 76.8 Å². The van der Waals surface area contributed by atoms with Crippen LogP contribution in [0.25, 0.3) is 6.08 Å². The van der Waals surface area contributed by atoms with Crippen molar-refractivity contribution in [2.45, 2.75) is 0 Å². The molecule has 2 rings (SSSR count). The summed E-state index contributed by atoms with van der Waals surface area (Å²) < 4.78 is 6.05. The number of benzene rings is 1. The highest BCUT2D eigenvalue weighted by atomic mass is 79.9. The van der Waals surface area contributed by atoms with E-state index in [-0.39, 0.29) is 11.6 Å². The van der Waals surface area contributed by atoms with Crippen LogP contribution < -0.4 is 10.6 Å². The van der Waals surface area contributed by atoms with E-state index in [1.165, 1.54) is 12.3 Å². The van der Waals surface area contributed by atoms with Gasteiger partial charge in [-0.25, -0.2) is 0 Å². The lowest BCUT2D eigenvalue weighted by Crippen LogP contribution is -2.34. The fraction of sp³-hybridized carbons (Fsp3) is 0.0588. The highest BCUT2D eigenvalue weighted by Crippen LogP contribution is 2.12.